The Morgan fingerprint density at radius 2 is 2.14 bits per heavy atom. The first-order valence-corrected chi connectivity index (χ1v) is 6.66. The Morgan fingerprint density at radius 3 is 2.76 bits per heavy atom. The molecule has 1 aromatic rings. The number of nitrogens with zero attached hydrogens (tertiary/aromatic N) is 1. The average molecular weight is 302 g/mol. The number of nitrogens with two attached hydrogens (primary N) is 1. The number of carbonyl (C=O) groups excluding carboxylic acids is 1. The number of carbonyl (C=O) groups is 1. The first kappa shape index (κ1) is 15.6. The summed E-state index contributed by atoms with van der Waals surface area (Å²) in [5, 5.41) is 0. The number of alkyl halides is 3. The number of halogens is 3. The average Bonchev–Trinajstić information content (AvgIpc) is 2.61. The molecule has 2 N–H and O–H groups in total. The van der Waals surface area contributed by atoms with Gasteiger partial charge in [-0.25, -0.2) is 0 Å². The van der Waals surface area contributed by atoms with E-state index in [0.29, 0.717) is 25.4 Å². The summed E-state index contributed by atoms with van der Waals surface area (Å²) in [5.74, 6) is -0.867. The first-order chi connectivity index (χ1) is 9.79. The van der Waals surface area contributed by atoms with E-state index in [1.807, 2.05) is 11.8 Å². The van der Waals surface area contributed by atoms with Crippen LogP contribution in [-0.2, 0) is 10.9 Å². The van der Waals surface area contributed by atoms with Gasteiger partial charge in [-0.2, -0.15) is 13.2 Å². The molecule has 1 atom stereocenters. The molecule has 21 heavy (non-hydrogen) atoms. The van der Waals surface area contributed by atoms with Gasteiger partial charge < -0.3 is 15.4 Å². The van der Waals surface area contributed by atoms with Crippen LogP contribution in [0.25, 0.3) is 0 Å². The fourth-order valence-electron chi connectivity index (χ4n) is 2.40. The van der Waals surface area contributed by atoms with E-state index in [4.69, 9.17) is 10.5 Å². The van der Waals surface area contributed by atoms with Gasteiger partial charge in [0.1, 0.15) is 0 Å². The second-order valence-electron chi connectivity index (χ2n) is 5.07. The Labute approximate surface area is 120 Å². The minimum atomic E-state index is -4.50. The van der Waals surface area contributed by atoms with Crippen LogP contribution in [0, 0.1) is 0 Å². The summed E-state index contributed by atoms with van der Waals surface area (Å²) in [6.45, 7) is 3.58. The van der Waals surface area contributed by atoms with Gasteiger partial charge >= 0.3 is 6.18 Å². The van der Waals surface area contributed by atoms with Crippen molar-refractivity contribution in [3.63, 3.8) is 0 Å². The summed E-state index contributed by atoms with van der Waals surface area (Å²) in [4.78, 5) is 13.4. The molecule has 0 saturated carbocycles. The van der Waals surface area contributed by atoms with E-state index in [0.717, 1.165) is 18.6 Å². The minimum absolute atomic E-state index is 0.0597. The molecule has 1 aromatic carbocycles. The molecule has 116 valence electrons. The van der Waals surface area contributed by atoms with E-state index in [1.165, 1.54) is 6.07 Å². The lowest BCUT2D eigenvalue weighted by atomic mass is 10.1. The van der Waals surface area contributed by atoms with Crippen LogP contribution in [0.5, 0.6) is 0 Å². The molecule has 0 unspecified atom stereocenters. The van der Waals surface area contributed by atoms with Crippen LogP contribution < -0.4 is 10.6 Å². The zero-order chi connectivity index (χ0) is 15.6. The number of hydrogen-bond donors (Lipinski definition) is 1. The molecule has 0 spiro atoms. The first-order valence-electron chi connectivity index (χ1n) is 6.66. The van der Waals surface area contributed by atoms with Crippen LogP contribution in [0.3, 0.4) is 0 Å². The van der Waals surface area contributed by atoms with Crippen molar-refractivity contribution in [2.24, 2.45) is 5.73 Å². The maximum Gasteiger partial charge on any atom is 0.416 e. The standard InChI is InChI=1S/C14H17F3N2O2/c1-9-8-19(5-2-6-21-9)12-4-3-10(14(15,16)17)7-11(12)13(18)20/h3-4,7,9H,2,5-6,8H2,1H3,(H2,18,20)/t9-/m1/s1. The van der Waals surface area contributed by atoms with E-state index in [2.05, 4.69) is 0 Å². The number of primary amides is 1. The van der Waals surface area contributed by atoms with Gasteiger partial charge in [0.25, 0.3) is 5.91 Å². The largest absolute Gasteiger partial charge is 0.416 e. The zero-order valence-electron chi connectivity index (χ0n) is 11.6. The van der Waals surface area contributed by atoms with Crippen molar-refractivity contribution in [3.05, 3.63) is 29.3 Å². The maximum atomic E-state index is 12.7. The summed E-state index contributed by atoms with van der Waals surface area (Å²) >= 11 is 0. The molecular weight excluding hydrogens is 285 g/mol. The number of hydrogen-bond acceptors (Lipinski definition) is 3. The molecule has 1 aliphatic rings. The van der Waals surface area contributed by atoms with Crippen molar-refractivity contribution in [2.75, 3.05) is 24.6 Å². The number of benzene rings is 1. The second kappa shape index (κ2) is 5.93. The van der Waals surface area contributed by atoms with Crippen molar-refractivity contribution in [1.82, 2.24) is 0 Å². The smallest absolute Gasteiger partial charge is 0.377 e. The zero-order valence-corrected chi connectivity index (χ0v) is 11.6. The van der Waals surface area contributed by atoms with Crippen LogP contribution in [0.2, 0.25) is 0 Å². The molecule has 0 radical (unpaired) electrons. The van der Waals surface area contributed by atoms with Gasteiger partial charge in [0, 0.05) is 25.4 Å². The lowest BCUT2D eigenvalue weighted by Gasteiger charge is -2.26. The summed E-state index contributed by atoms with van der Waals surface area (Å²) < 4.78 is 43.7. The predicted octanol–water partition coefficient (Wildman–Crippen LogP) is 2.42. The monoisotopic (exact) mass is 302 g/mol. The van der Waals surface area contributed by atoms with Crippen LogP contribution in [0.4, 0.5) is 18.9 Å². The van der Waals surface area contributed by atoms with Gasteiger partial charge in [-0.15, -0.1) is 0 Å². The topological polar surface area (TPSA) is 55.6 Å². The van der Waals surface area contributed by atoms with Gasteiger partial charge in [-0.1, -0.05) is 0 Å². The van der Waals surface area contributed by atoms with Crippen LogP contribution >= 0.6 is 0 Å². The van der Waals surface area contributed by atoms with E-state index >= 15 is 0 Å². The molecule has 1 aliphatic heterocycles. The highest BCUT2D eigenvalue weighted by Gasteiger charge is 2.32. The van der Waals surface area contributed by atoms with Gasteiger partial charge in [-0.3, -0.25) is 4.79 Å². The summed E-state index contributed by atoms with van der Waals surface area (Å²) in [6, 6.07) is 3.09. The number of amides is 1. The third-order valence-electron chi connectivity index (χ3n) is 3.38. The third-order valence-corrected chi connectivity index (χ3v) is 3.38. The normalized spacial score (nSPS) is 20.2. The van der Waals surface area contributed by atoms with E-state index in [1.54, 1.807) is 0 Å². The summed E-state index contributed by atoms with van der Waals surface area (Å²) in [7, 11) is 0. The van der Waals surface area contributed by atoms with Crippen LogP contribution in [0.15, 0.2) is 18.2 Å². The van der Waals surface area contributed by atoms with Crippen molar-refractivity contribution in [2.45, 2.75) is 25.6 Å². The van der Waals surface area contributed by atoms with Gasteiger partial charge in [0.2, 0.25) is 0 Å². The molecule has 1 heterocycles. The molecule has 4 nitrogen and oxygen atoms in total. The summed E-state index contributed by atoms with van der Waals surface area (Å²) in [6.07, 6.45) is -3.82. The Kier molecular flexibility index (Phi) is 4.41. The number of ether oxygens (including phenoxy) is 1. The summed E-state index contributed by atoms with van der Waals surface area (Å²) in [5.41, 5.74) is 4.68. The molecule has 0 aromatic heterocycles. The molecule has 7 heteroatoms. The highest BCUT2D eigenvalue weighted by molar-refractivity contribution is 5.99. The highest BCUT2D eigenvalue weighted by atomic mass is 19.4. The number of rotatable bonds is 2. The Balaban J connectivity index is 2.40. The van der Waals surface area contributed by atoms with Gasteiger partial charge in [0.15, 0.2) is 0 Å². The van der Waals surface area contributed by atoms with Crippen LogP contribution in [-0.4, -0.2) is 31.7 Å². The maximum absolute atomic E-state index is 12.7. The molecule has 1 fully saturated rings. The molecule has 1 amide bonds. The van der Waals surface area contributed by atoms with Gasteiger partial charge in [0.05, 0.1) is 17.2 Å². The Hall–Kier alpha value is -1.76. The number of anilines is 1. The molecule has 1 saturated heterocycles. The van der Waals surface area contributed by atoms with E-state index < -0.39 is 17.6 Å². The third kappa shape index (κ3) is 3.66. The van der Waals surface area contributed by atoms with Crippen molar-refractivity contribution >= 4 is 11.6 Å². The molecule has 2 rings (SSSR count). The molecular formula is C14H17F3N2O2. The second-order valence-corrected chi connectivity index (χ2v) is 5.07. The van der Waals surface area contributed by atoms with E-state index in [9.17, 15) is 18.0 Å². The predicted molar refractivity (Wildman–Crippen MR) is 72.2 cm³/mol. The fourth-order valence-corrected chi connectivity index (χ4v) is 2.40. The lowest BCUT2D eigenvalue weighted by Crippen LogP contribution is -2.32. The van der Waals surface area contributed by atoms with Gasteiger partial charge in [-0.05, 0) is 31.5 Å². The Bertz CT molecular complexity index is 531. The van der Waals surface area contributed by atoms with Crippen molar-refractivity contribution in [3.8, 4) is 0 Å². The highest BCUT2D eigenvalue weighted by Crippen LogP contribution is 2.33. The SMILES string of the molecule is C[C@@H]1CN(c2ccc(C(F)(F)F)cc2C(N)=O)CCCO1. The van der Waals surface area contributed by atoms with Crippen molar-refractivity contribution in [1.29, 1.82) is 0 Å². The van der Waals surface area contributed by atoms with E-state index in [-0.39, 0.29) is 11.7 Å². The van der Waals surface area contributed by atoms with Crippen LogP contribution in [0.1, 0.15) is 29.3 Å². The molecule has 0 bridgehead atoms. The van der Waals surface area contributed by atoms with Crippen molar-refractivity contribution < 1.29 is 22.7 Å². The quantitative estimate of drug-likeness (QED) is 0.913. The molecule has 0 aliphatic carbocycles. The minimum Gasteiger partial charge on any atom is -0.377 e. The fraction of sp³-hybridized carbons (Fsp3) is 0.500. The lowest BCUT2D eigenvalue weighted by molar-refractivity contribution is -0.137. The Morgan fingerprint density at radius 1 is 1.43 bits per heavy atom.